The van der Waals surface area contributed by atoms with E-state index in [1.807, 2.05) is 0 Å². The Morgan fingerprint density at radius 3 is 2.57 bits per heavy atom. The van der Waals surface area contributed by atoms with Gasteiger partial charge in [0.15, 0.2) is 0 Å². The minimum atomic E-state index is 1.32. The SMILES string of the molecule is CC1=C2CCCN3CCCC(=C23)CC1. The van der Waals surface area contributed by atoms with E-state index in [4.69, 9.17) is 0 Å². The molecule has 0 spiro atoms. The molecule has 0 aromatic rings. The van der Waals surface area contributed by atoms with Gasteiger partial charge in [-0.15, -0.1) is 0 Å². The molecule has 0 unspecified atom stereocenters. The Bertz CT molecular complexity index is 322. The smallest absolute Gasteiger partial charge is 0.0390 e. The lowest BCUT2D eigenvalue weighted by Crippen LogP contribution is -2.35. The molecule has 3 aliphatic rings. The second-order valence-corrected chi connectivity index (χ2v) is 4.91. The standard InChI is InChI=1S/C13H19N/c1-10-6-7-11-4-2-8-14-9-3-5-12(10)13(11)14/h2-9H2,1H3. The molecule has 76 valence electrons. The van der Waals surface area contributed by atoms with Crippen LogP contribution in [0.4, 0.5) is 0 Å². The van der Waals surface area contributed by atoms with Gasteiger partial charge < -0.3 is 4.90 Å². The van der Waals surface area contributed by atoms with Crippen molar-refractivity contribution in [2.75, 3.05) is 13.1 Å². The largest absolute Gasteiger partial charge is 0.371 e. The van der Waals surface area contributed by atoms with Crippen LogP contribution in [0.3, 0.4) is 0 Å². The van der Waals surface area contributed by atoms with Crippen LogP contribution in [0, 0.1) is 0 Å². The molecule has 1 fully saturated rings. The van der Waals surface area contributed by atoms with Crippen molar-refractivity contribution in [3.05, 3.63) is 22.4 Å². The summed E-state index contributed by atoms with van der Waals surface area (Å²) in [5, 5.41) is 0. The Balaban J connectivity index is 2.09. The Kier molecular flexibility index (Phi) is 1.93. The zero-order valence-corrected chi connectivity index (χ0v) is 9.10. The second kappa shape index (κ2) is 3.15. The lowest BCUT2D eigenvalue weighted by molar-refractivity contribution is 0.288. The average molecular weight is 189 g/mol. The van der Waals surface area contributed by atoms with Crippen molar-refractivity contribution in [3.63, 3.8) is 0 Å². The maximum absolute atomic E-state index is 2.65. The van der Waals surface area contributed by atoms with Gasteiger partial charge in [0.1, 0.15) is 0 Å². The van der Waals surface area contributed by atoms with Gasteiger partial charge in [-0.1, -0.05) is 5.57 Å². The first-order valence-electron chi connectivity index (χ1n) is 6.02. The summed E-state index contributed by atoms with van der Waals surface area (Å²) in [6.07, 6.45) is 8.18. The molecule has 0 amide bonds. The fraction of sp³-hybridized carbons (Fsp3) is 0.692. The summed E-state index contributed by atoms with van der Waals surface area (Å²) in [5.74, 6) is 0. The summed E-state index contributed by atoms with van der Waals surface area (Å²) in [7, 11) is 0. The molecule has 1 heteroatoms. The first-order valence-corrected chi connectivity index (χ1v) is 6.02. The molecule has 0 N–H and O–H groups in total. The molecule has 0 saturated carbocycles. The normalized spacial score (nSPS) is 26.8. The summed E-state index contributed by atoms with van der Waals surface area (Å²) in [6, 6.07) is 0. The van der Waals surface area contributed by atoms with E-state index < -0.39 is 0 Å². The second-order valence-electron chi connectivity index (χ2n) is 4.91. The third-order valence-corrected chi connectivity index (χ3v) is 4.02. The minimum absolute atomic E-state index is 1.32. The summed E-state index contributed by atoms with van der Waals surface area (Å²) in [6.45, 7) is 4.97. The van der Waals surface area contributed by atoms with Crippen molar-refractivity contribution in [2.45, 2.75) is 45.4 Å². The summed E-state index contributed by atoms with van der Waals surface area (Å²) >= 11 is 0. The monoisotopic (exact) mass is 189 g/mol. The van der Waals surface area contributed by atoms with Gasteiger partial charge in [0, 0.05) is 18.8 Å². The maximum Gasteiger partial charge on any atom is 0.0390 e. The van der Waals surface area contributed by atoms with Crippen LogP contribution in [0.5, 0.6) is 0 Å². The highest BCUT2D eigenvalue weighted by molar-refractivity contribution is 5.43. The Morgan fingerprint density at radius 2 is 1.71 bits per heavy atom. The van der Waals surface area contributed by atoms with Gasteiger partial charge in [-0.05, 0) is 56.6 Å². The minimum Gasteiger partial charge on any atom is -0.371 e. The molecule has 2 heterocycles. The predicted molar refractivity (Wildman–Crippen MR) is 59.0 cm³/mol. The average Bonchev–Trinajstić information content (AvgIpc) is 2.24. The molecule has 1 aliphatic carbocycles. The highest BCUT2D eigenvalue weighted by atomic mass is 15.1. The van der Waals surface area contributed by atoms with Gasteiger partial charge in [0.05, 0.1) is 0 Å². The predicted octanol–water partition coefficient (Wildman–Crippen LogP) is 3.24. The van der Waals surface area contributed by atoms with Crippen molar-refractivity contribution in [2.24, 2.45) is 0 Å². The molecular weight excluding hydrogens is 170 g/mol. The lowest BCUT2D eigenvalue weighted by Gasteiger charge is -2.42. The highest BCUT2D eigenvalue weighted by Crippen LogP contribution is 2.41. The van der Waals surface area contributed by atoms with Crippen LogP contribution in [0.25, 0.3) is 0 Å². The van der Waals surface area contributed by atoms with E-state index in [9.17, 15) is 0 Å². The van der Waals surface area contributed by atoms with Crippen LogP contribution in [0.2, 0.25) is 0 Å². The fourth-order valence-corrected chi connectivity index (χ4v) is 3.28. The first-order chi connectivity index (χ1) is 6.86. The van der Waals surface area contributed by atoms with Gasteiger partial charge in [0.2, 0.25) is 0 Å². The molecule has 14 heavy (non-hydrogen) atoms. The number of hydrogen-bond acceptors (Lipinski definition) is 1. The highest BCUT2D eigenvalue weighted by Gasteiger charge is 2.29. The third kappa shape index (κ3) is 1.14. The van der Waals surface area contributed by atoms with E-state index in [0.717, 1.165) is 0 Å². The molecule has 0 radical (unpaired) electrons. The van der Waals surface area contributed by atoms with Crippen LogP contribution in [-0.2, 0) is 0 Å². The molecule has 0 atom stereocenters. The molecule has 0 aromatic carbocycles. The summed E-state index contributed by atoms with van der Waals surface area (Å²) < 4.78 is 0. The maximum atomic E-state index is 2.65. The number of piperidine rings is 1. The number of rotatable bonds is 0. The van der Waals surface area contributed by atoms with Crippen molar-refractivity contribution in [3.8, 4) is 0 Å². The van der Waals surface area contributed by atoms with E-state index in [2.05, 4.69) is 11.8 Å². The van der Waals surface area contributed by atoms with E-state index >= 15 is 0 Å². The van der Waals surface area contributed by atoms with Crippen LogP contribution in [0.15, 0.2) is 22.4 Å². The van der Waals surface area contributed by atoms with Crippen molar-refractivity contribution in [1.29, 1.82) is 0 Å². The molecular formula is C13H19N. The van der Waals surface area contributed by atoms with Crippen LogP contribution in [0.1, 0.15) is 45.4 Å². The molecule has 1 nitrogen and oxygen atoms in total. The quantitative estimate of drug-likeness (QED) is 0.565. The van der Waals surface area contributed by atoms with Crippen LogP contribution >= 0.6 is 0 Å². The van der Waals surface area contributed by atoms with Gasteiger partial charge in [-0.3, -0.25) is 0 Å². The lowest BCUT2D eigenvalue weighted by atomic mass is 9.81. The number of hydrogen-bond donors (Lipinski definition) is 0. The molecule has 2 aliphatic heterocycles. The van der Waals surface area contributed by atoms with Gasteiger partial charge in [-0.2, -0.15) is 0 Å². The first kappa shape index (κ1) is 8.58. The van der Waals surface area contributed by atoms with Gasteiger partial charge >= 0.3 is 0 Å². The fourth-order valence-electron chi connectivity index (χ4n) is 3.28. The van der Waals surface area contributed by atoms with E-state index in [1.165, 1.54) is 51.6 Å². The summed E-state index contributed by atoms with van der Waals surface area (Å²) in [5.41, 5.74) is 6.86. The molecule has 0 aromatic heterocycles. The van der Waals surface area contributed by atoms with Crippen LogP contribution in [-0.4, -0.2) is 18.0 Å². The molecule has 0 bridgehead atoms. The number of allylic oxidation sites excluding steroid dienone is 3. The van der Waals surface area contributed by atoms with Gasteiger partial charge in [-0.25, -0.2) is 0 Å². The van der Waals surface area contributed by atoms with Crippen LogP contribution < -0.4 is 0 Å². The van der Waals surface area contributed by atoms with Crippen molar-refractivity contribution in [1.82, 2.24) is 4.90 Å². The summed E-state index contributed by atoms with van der Waals surface area (Å²) in [4.78, 5) is 2.65. The van der Waals surface area contributed by atoms with Crippen molar-refractivity contribution < 1.29 is 0 Å². The van der Waals surface area contributed by atoms with Gasteiger partial charge in [0.25, 0.3) is 0 Å². The zero-order chi connectivity index (χ0) is 9.54. The Labute approximate surface area is 86.5 Å². The topological polar surface area (TPSA) is 3.24 Å². The van der Waals surface area contributed by atoms with E-state index in [-0.39, 0.29) is 0 Å². The zero-order valence-electron chi connectivity index (χ0n) is 9.10. The third-order valence-electron chi connectivity index (χ3n) is 4.02. The Morgan fingerprint density at radius 1 is 0.929 bits per heavy atom. The molecule has 1 saturated heterocycles. The van der Waals surface area contributed by atoms with E-state index in [0.29, 0.717) is 0 Å². The van der Waals surface area contributed by atoms with E-state index in [1.54, 1.807) is 22.4 Å². The number of nitrogens with zero attached hydrogens (tertiary/aromatic N) is 1. The Hall–Kier alpha value is -0.720. The van der Waals surface area contributed by atoms with Crippen molar-refractivity contribution >= 4 is 0 Å². The molecule has 3 rings (SSSR count).